The number of piperazine rings is 1. The van der Waals surface area contributed by atoms with Crippen molar-refractivity contribution in [3.63, 3.8) is 0 Å². The molecule has 49 heavy (non-hydrogen) atoms. The highest BCUT2D eigenvalue weighted by Crippen LogP contribution is 2.41. The van der Waals surface area contributed by atoms with E-state index >= 15 is 0 Å². The molecule has 262 valence electrons. The zero-order valence-electron chi connectivity index (χ0n) is 27.4. The Labute approximate surface area is 284 Å². The molecule has 3 atom stereocenters. The van der Waals surface area contributed by atoms with Gasteiger partial charge in [0.1, 0.15) is 17.6 Å². The van der Waals surface area contributed by atoms with Gasteiger partial charge in [-0.3, -0.25) is 14.2 Å². The number of hydrogen-bond acceptors (Lipinski definition) is 11. The van der Waals surface area contributed by atoms with Crippen LogP contribution in [0.5, 0.6) is 0 Å². The second-order valence-electron chi connectivity index (χ2n) is 11.7. The van der Waals surface area contributed by atoms with Crippen molar-refractivity contribution in [1.82, 2.24) is 25.2 Å². The summed E-state index contributed by atoms with van der Waals surface area (Å²) in [6, 6.07) is 15.4. The summed E-state index contributed by atoms with van der Waals surface area (Å²) in [6.07, 6.45) is 0.786. The van der Waals surface area contributed by atoms with Gasteiger partial charge in [0.15, 0.2) is 5.82 Å². The average Bonchev–Trinajstić information content (AvgIpc) is 3.60. The second kappa shape index (κ2) is 16.3. The zero-order valence-corrected chi connectivity index (χ0v) is 28.3. The molecule has 0 aliphatic carbocycles. The molecule has 3 aromatic rings. The molecule has 2 unspecified atom stereocenters. The highest BCUT2D eigenvalue weighted by atomic mass is 31.2. The number of anilines is 1. The molecule has 1 aromatic heterocycles. The van der Waals surface area contributed by atoms with Crippen LogP contribution in [0.1, 0.15) is 48.3 Å². The van der Waals surface area contributed by atoms with E-state index in [1.54, 1.807) is 13.2 Å². The van der Waals surface area contributed by atoms with E-state index < -0.39 is 31.6 Å². The fourth-order valence-electron chi connectivity index (χ4n) is 5.61. The number of ether oxygens (including phenoxy) is 1. The maximum Gasteiger partial charge on any atom is 0.525 e. The molecular weight excluding hydrogens is 655 g/mol. The molecule has 2 saturated heterocycles. The van der Waals surface area contributed by atoms with Crippen LogP contribution in [-0.4, -0.2) is 107 Å². The van der Waals surface area contributed by atoms with Crippen molar-refractivity contribution in [3.05, 3.63) is 71.9 Å². The minimum absolute atomic E-state index is 0.0185. The number of amides is 2. The Morgan fingerprint density at radius 1 is 1.02 bits per heavy atom. The molecule has 2 fully saturated rings. The summed E-state index contributed by atoms with van der Waals surface area (Å²) in [7, 11) is -2.45. The van der Waals surface area contributed by atoms with E-state index in [2.05, 4.69) is 10.3 Å². The molecule has 3 N–H and O–H groups in total. The van der Waals surface area contributed by atoms with Crippen LogP contribution in [-0.2, 0) is 23.5 Å². The van der Waals surface area contributed by atoms with Crippen molar-refractivity contribution in [2.24, 2.45) is 0 Å². The van der Waals surface area contributed by atoms with Crippen LogP contribution in [0.4, 0.5) is 10.6 Å². The quantitative estimate of drug-likeness (QED) is 0.175. The van der Waals surface area contributed by atoms with Crippen LogP contribution in [0.3, 0.4) is 0 Å². The van der Waals surface area contributed by atoms with Gasteiger partial charge in [0.2, 0.25) is 5.91 Å². The number of nitrogens with one attached hydrogen (secondary N) is 1. The number of benzene rings is 2. The summed E-state index contributed by atoms with van der Waals surface area (Å²) >= 11 is 0. The number of hydrogen-bond donors (Lipinski definition) is 3. The van der Waals surface area contributed by atoms with Crippen molar-refractivity contribution < 1.29 is 43.0 Å². The molecule has 0 bridgehead atoms. The molecular formula is C33H41N6O9P. The average molecular weight is 697 g/mol. The SMILES string of the molecule is CCCCOP(=O)(O)c1ccc(C(NC(=O)c2cc(N3CC[C@H](OC)C3)nc(-c3ccccc3)n2)C(=O)N2CCN(OC(=O)O)CC2)cc1. The predicted octanol–water partition coefficient (Wildman–Crippen LogP) is 3.22. The Kier molecular flexibility index (Phi) is 12.0. The van der Waals surface area contributed by atoms with Crippen LogP contribution in [0.2, 0.25) is 0 Å². The van der Waals surface area contributed by atoms with Crippen LogP contribution < -0.4 is 15.5 Å². The van der Waals surface area contributed by atoms with Crippen molar-refractivity contribution in [2.75, 3.05) is 57.9 Å². The van der Waals surface area contributed by atoms with Gasteiger partial charge in [0.05, 0.1) is 31.1 Å². The van der Waals surface area contributed by atoms with Gasteiger partial charge in [-0.25, -0.2) is 14.8 Å². The van der Waals surface area contributed by atoms with E-state index in [0.29, 0.717) is 42.3 Å². The summed E-state index contributed by atoms with van der Waals surface area (Å²) in [4.78, 5) is 67.2. The number of methoxy groups -OCH3 is 1. The van der Waals surface area contributed by atoms with Crippen molar-refractivity contribution in [3.8, 4) is 11.4 Å². The molecule has 16 heteroatoms. The van der Waals surface area contributed by atoms with Gasteiger partial charge in [-0.1, -0.05) is 55.8 Å². The molecule has 0 radical (unpaired) electrons. The monoisotopic (exact) mass is 696 g/mol. The predicted molar refractivity (Wildman–Crippen MR) is 179 cm³/mol. The largest absolute Gasteiger partial charge is 0.525 e. The van der Waals surface area contributed by atoms with Crippen molar-refractivity contribution in [1.29, 1.82) is 0 Å². The van der Waals surface area contributed by atoms with Crippen LogP contribution in [0.15, 0.2) is 60.7 Å². The Morgan fingerprint density at radius 2 is 1.73 bits per heavy atom. The standard InChI is InChI=1S/C33H41N6O9P/c1-3-4-20-47-49(44,45)26-12-10-23(11-13-26)29(32(41)37-16-18-39(19-17-37)48-33(42)43)36-31(40)27-21-28(38-15-14-25(22-38)46-2)35-30(34-27)24-8-6-5-7-9-24/h5-13,21,25,29H,3-4,14-20,22H2,1-2H3,(H,36,40)(H,42,43)(H,44,45)/t25-,29?/m0/s1. The van der Waals surface area contributed by atoms with Gasteiger partial charge >= 0.3 is 13.8 Å². The first-order valence-corrected chi connectivity index (χ1v) is 17.7. The Morgan fingerprint density at radius 3 is 2.37 bits per heavy atom. The van der Waals surface area contributed by atoms with Gasteiger partial charge in [-0.2, -0.15) is 0 Å². The maximum absolute atomic E-state index is 14.0. The van der Waals surface area contributed by atoms with E-state index in [1.165, 1.54) is 34.2 Å². The summed E-state index contributed by atoms with van der Waals surface area (Å²) < 4.78 is 23.6. The second-order valence-corrected chi connectivity index (χ2v) is 13.5. The molecule has 2 aliphatic rings. The summed E-state index contributed by atoms with van der Waals surface area (Å²) in [6.45, 7) is 3.87. The zero-order chi connectivity index (χ0) is 35.0. The maximum atomic E-state index is 14.0. The van der Waals surface area contributed by atoms with E-state index in [0.717, 1.165) is 12.8 Å². The number of aromatic nitrogens is 2. The Balaban J connectivity index is 1.45. The third-order valence-electron chi connectivity index (χ3n) is 8.38. The third-order valence-corrected chi connectivity index (χ3v) is 9.86. The number of hydroxylamine groups is 2. The Bertz CT molecular complexity index is 1650. The van der Waals surface area contributed by atoms with Gasteiger partial charge < -0.3 is 39.2 Å². The fraction of sp³-hybridized carbons (Fsp3) is 0.424. The van der Waals surface area contributed by atoms with E-state index in [1.807, 2.05) is 42.2 Å². The Hall–Kier alpha value is -4.40. The number of carboxylic acid groups (broad SMARTS) is 1. The van der Waals surface area contributed by atoms with E-state index in [4.69, 9.17) is 24.2 Å². The summed E-state index contributed by atoms with van der Waals surface area (Å²) in [5.74, 6) is -0.202. The first-order chi connectivity index (χ1) is 23.6. The smallest absolute Gasteiger partial charge is 0.448 e. The molecule has 0 saturated carbocycles. The summed E-state index contributed by atoms with van der Waals surface area (Å²) in [5, 5.41) is 13.1. The number of rotatable bonds is 13. The van der Waals surface area contributed by atoms with Crippen LogP contribution >= 0.6 is 7.60 Å². The first-order valence-electron chi connectivity index (χ1n) is 16.1. The van der Waals surface area contributed by atoms with Gasteiger partial charge in [-0.15, -0.1) is 5.06 Å². The van der Waals surface area contributed by atoms with Gasteiger partial charge in [0, 0.05) is 44.9 Å². The first kappa shape index (κ1) is 35.9. The topological polar surface area (TPSA) is 184 Å². The number of carbonyl (C=O) groups excluding carboxylic acids is 2. The highest BCUT2D eigenvalue weighted by molar-refractivity contribution is 7.61. The lowest BCUT2D eigenvalue weighted by Crippen LogP contribution is -2.52. The van der Waals surface area contributed by atoms with Crippen molar-refractivity contribution in [2.45, 2.75) is 38.3 Å². The number of unbranched alkanes of at least 4 members (excludes halogenated alkanes) is 1. The van der Waals surface area contributed by atoms with E-state index in [-0.39, 0.29) is 49.9 Å². The fourth-order valence-corrected chi connectivity index (χ4v) is 6.66. The van der Waals surface area contributed by atoms with Crippen LogP contribution in [0.25, 0.3) is 11.4 Å². The lowest BCUT2D eigenvalue weighted by molar-refractivity contribution is -0.154. The third kappa shape index (κ3) is 9.19. The molecule has 2 amide bonds. The van der Waals surface area contributed by atoms with Gasteiger partial charge in [0.25, 0.3) is 5.91 Å². The minimum Gasteiger partial charge on any atom is -0.448 e. The molecule has 2 aliphatic heterocycles. The molecule has 15 nitrogen and oxygen atoms in total. The summed E-state index contributed by atoms with van der Waals surface area (Å²) in [5.41, 5.74) is 1.11. The highest BCUT2D eigenvalue weighted by Gasteiger charge is 2.33. The lowest BCUT2D eigenvalue weighted by Gasteiger charge is -2.35. The van der Waals surface area contributed by atoms with Gasteiger partial charge in [-0.05, 0) is 30.5 Å². The molecule has 5 rings (SSSR count). The van der Waals surface area contributed by atoms with Crippen molar-refractivity contribution >= 4 is 36.7 Å². The molecule has 2 aromatic carbocycles. The molecule has 3 heterocycles. The number of nitrogens with zero attached hydrogens (tertiary/aromatic N) is 5. The van der Waals surface area contributed by atoms with E-state index in [9.17, 15) is 23.8 Å². The number of carbonyl (C=O) groups is 3. The normalized spacial score (nSPS) is 18.5. The van der Waals surface area contributed by atoms with Crippen LogP contribution in [0, 0.1) is 0 Å². The molecule has 0 spiro atoms. The lowest BCUT2D eigenvalue weighted by atomic mass is 10.0. The minimum atomic E-state index is -4.11.